The number of rotatable bonds is 6. The lowest BCUT2D eigenvalue weighted by atomic mass is 10.0. The zero-order valence-electron chi connectivity index (χ0n) is 12.5. The summed E-state index contributed by atoms with van der Waals surface area (Å²) in [6.45, 7) is 6.10. The third kappa shape index (κ3) is 4.20. The topological polar surface area (TPSA) is 47.7 Å². The van der Waals surface area contributed by atoms with Crippen LogP contribution in [0.5, 0.6) is 5.75 Å². The second-order valence-electron chi connectivity index (χ2n) is 5.43. The largest absolute Gasteiger partial charge is 0.497 e. The molecule has 0 aliphatic carbocycles. The molecule has 1 aliphatic heterocycles. The van der Waals surface area contributed by atoms with Crippen molar-refractivity contribution < 1.29 is 9.47 Å². The summed E-state index contributed by atoms with van der Waals surface area (Å²) in [5, 5.41) is 0. The van der Waals surface area contributed by atoms with Crippen LogP contribution in [0.2, 0.25) is 0 Å². The molecule has 1 aromatic rings. The van der Waals surface area contributed by atoms with E-state index in [1.807, 2.05) is 18.2 Å². The highest BCUT2D eigenvalue weighted by molar-refractivity contribution is 5.29. The van der Waals surface area contributed by atoms with Crippen LogP contribution in [0.4, 0.5) is 0 Å². The average molecular weight is 278 g/mol. The van der Waals surface area contributed by atoms with E-state index in [-0.39, 0.29) is 12.1 Å². The highest BCUT2D eigenvalue weighted by Gasteiger charge is 2.25. The lowest BCUT2D eigenvalue weighted by Crippen LogP contribution is -2.51. The Morgan fingerprint density at radius 2 is 2.35 bits per heavy atom. The van der Waals surface area contributed by atoms with E-state index in [4.69, 9.17) is 15.2 Å². The van der Waals surface area contributed by atoms with Crippen LogP contribution in [0, 0.1) is 0 Å². The van der Waals surface area contributed by atoms with Gasteiger partial charge in [-0.1, -0.05) is 19.1 Å². The number of hydrogen-bond donors (Lipinski definition) is 1. The van der Waals surface area contributed by atoms with E-state index < -0.39 is 0 Å². The molecule has 0 saturated carbocycles. The molecule has 4 heteroatoms. The van der Waals surface area contributed by atoms with Gasteiger partial charge in [0.2, 0.25) is 0 Å². The van der Waals surface area contributed by atoms with Gasteiger partial charge in [-0.15, -0.1) is 0 Å². The highest BCUT2D eigenvalue weighted by atomic mass is 16.5. The van der Waals surface area contributed by atoms with Crippen LogP contribution >= 0.6 is 0 Å². The van der Waals surface area contributed by atoms with Gasteiger partial charge < -0.3 is 15.2 Å². The third-order valence-corrected chi connectivity index (χ3v) is 3.80. The van der Waals surface area contributed by atoms with Crippen LogP contribution in [0.1, 0.15) is 18.9 Å². The quantitative estimate of drug-likeness (QED) is 0.860. The van der Waals surface area contributed by atoms with E-state index >= 15 is 0 Å². The molecule has 2 rings (SSSR count). The van der Waals surface area contributed by atoms with Gasteiger partial charge in [0.25, 0.3) is 0 Å². The van der Waals surface area contributed by atoms with E-state index in [1.165, 1.54) is 12.0 Å². The molecular weight excluding hydrogens is 252 g/mol. The zero-order valence-corrected chi connectivity index (χ0v) is 12.5. The van der Waals surface area contributed by atoms with Crippen molar-refractivity contribution in [2.45, 2.75) is 31.9 Å². The summed E-state index contributed by atoms with van der Waals surface area (Å²) in [6.07, 6.45) is 2.13. The molecule has 0 bridgehead atoms. The molecular formula is C16H26N2O2. The normalized spacial score (nSPS) is 21.6. The monoisotopic (exact) mass is 278 g/mol. The van der Waals surface area contributed by atoms with E-state index in [0.717, 1.165) is 38.4 Å². The molecule has 0 amide bonds. The number of methoxy groups -OCH3 is 1. The van der Waals surface area contributed by atoms with Crippen molar-refractivity contribution in [1.29, 1.82) is 0 Å². The summed E-state index contributed by atoms with van der Waals surface area (Å²) in [4.78, 5) is 2.44. The highest BCUT2D eigenvalue weighted by Crippen LogP contribution is 2.16. The van der Waals surface area contributed by atoms with E-state index in [2.05, 4.69) is 17.9 Å². The molecule has 2 unspecified atom stereocenters. The van der Waals surface area contributed by atoms with Gasteiger partial charge in [0.05, 0.1) is 19.8 Å². The summed E-state index contributed by atoms with van der Waals surface area (Å²) in [5.74, 6) is 0.881. The maximum Gasteiger partial charge on any atom is 0.119 e. The summed E-state index contributed by atoms with van der Waals surface area (Å²) < 4.78 is 11.1. The molecule has 0 aromatic heterocycles. The number of nitrogens with zero attached hydrogens (tertiary/aromatic N) is 1. The van der Waals surface area contributed by atoms with Crippen molar-refractivity contribution in [3.05, 3.63) is 29.8 Å². The molecule has 1 heterocycles. The Balaban J connectivity index is 1.91. The van der Waals surface area contributed by atoms with Gasteiger partial charge in [-0.25, -0.2) is 0 Å². The molecule has 0 spiro atoms. The maximum absolute atomic E-state index is 6.34. The fourth-order valence-corrected chi connectivity index (χ4v) is 2.71. The molecule has 4 nitrogen and oxygen atoms in total. The van der Waals surface area contributed by atoms with Crippen LogP contribution in [-0.4, -0.2) is 50.4 Å². The van der Waals surface area contributed by atoms with Gasteiger partial charge in [0.1, 0.15) is 5.75 Å². The third-order valence-electron chi connectivity index (χ3n) is 3.80. The Morgan fingerprint density at radius 3 is 3.10 bits per heavy atom. The number of morpholine rings is 1. The van der Waals surface area contributed by atoms with Gasteiger partial charge in [0, 0.05) is 19.1 Å². The Hall–Kier alpha value is -1.10. The van der Waals surface area contributed by atoms with Crippen LogP contribution in [0.25, 0.3) is 0 Å². The molecule has 2 atom stereocenters. The van der Waals surface area contributed by atoms with Gasteiger partial charge >= 0.3 is 0 Å². The second-order valence-corrected chi connectivity index (χ2v) is 5.43. The van der Waals surface area contributed by atoms with Crippen molar-refractivity contribution in [2.75, 3.05) is 33.4 Å². The SMILES string of the molecule is CCCN1CCOC(C(N)Cc2cccc(OC)c2)C1. The Bertz CT molecular complexity index is 409. The smallest absolute Gasteiger partial charge is 0.119 e. The summed E-state index contributed by atoms with van der Waals surface area (Å²) >= 11 is 0. The van der Waals surface area contributed by atoms with Crippen molar-refractivity contribution in [3.8, 4) is 5.75 Å². The predicted molar refractivity (Wildman–Crippen MR) is 81.1 cm³/mol. The summed E-state index contributed by atoms with van der Waals surface area (Å²) in [5.41, 5.74) is 7.54. The predicted octanol–water partition coefficient (Wildman–Crippen LogP) is 1.68. The minimum atomic E-state index is 0.0294. The Kier molecular flexibility index (Phi) is 5.83. The lowest BCUT2D eigenvalue weighted by Gasteiger charge is -2.35. The van der Waals surface area contributed by atoms with Crippen LogP contribution < -0.4 is 10.5 Å². The lowest BCUT2D eigenvalue weighted by molar-refractivity contribution is -0.0400. The number of ether oxygens (including phenoxy) is 2. The average Bonchev–Trinajstić information content (AvgIpc) is 2.48. The number of benzene rings is 1. The molecule has 20 heavy (non-hydrogen) atoms. The van der Waals surface area contributed by atoms with Crippen molar-refractivity contribution in [3.63, 3.8) is 0 Å². The van der Waals surface area contributed by atoms with Crippen LogP contribution in [0.3, 0.4) is 0 Å². The molecule has 0 radical (unpaired) electrons. The molecule has 112 valence electrons. The molecule has 1 aliphatic rings. The Morgan fingerprint density at radius 1 is 1.50 bits per heavy atom. The van der Waals surface area contributed by atoms with Crippen LogP contribution in [0.15, 0.2) is 24.3 Å². The summed E-state index contributed by atoms with van der Waals surface area (Å²) in [7, 11) is 1.69. The standard InChI is InChI=1S/C16H26N2O2/c1-3-7-18-8-9-20-16(12-18)15(17)11-13-5-4-6-14(10-13)19-2/h4-6,10,15-16H,3,7-9,11-12,17H2,1-2H3. The Labute approximate surface area is 121 Å². The molecule has 1 saturated heterocycles. The van der Waals surface area contributed by atoms with E-state index in [1.54, 1.807) is 7.11 Å². The van der Waals surface area contributed by atoms with E-state index in [0.29, 0.717) is 0 Å². The zero-order chi connectivity index (χ0) is 14.4. The first-order valence-electron chi connectivity index (χ1n) is 7.45. The molecule has 1 fully saturated rings. The van der Waals surface area contributed by atoms with Crippen LogP contribution in [-0.2, 0) is 11.2 Å². The fourth-order valence-electron chi connectivity index (χ4n) is 2.71. The van der Waals surface area contributed by atoms with Gasteiger partial charge in [-0.3, -0.25) is 4.90 Å². The van der Waals surface area contributed by atoms with Crippen molar-refractivity contribution in [2.24, 2.45) is 5.73 Å². The van der Waals surface area contributed by atoms with Gasteiger partial charge in [-0.2, -0.15) is 0 Å². The minimum absolute atomic E-state index is 0.0294. The fraction of sp³-hybridized carbons (Fsp3) is 0.625. The van der Waals surface area contributed by atoms with Crippen molar-refractivity contribution in [1.82, 2.24) is 4.90 Å². The minimum Gasteiger partial charge on any atom is -0.497 e. The van der Waals surface area contributed by atoms with E-state index in [9.17, 15) is 0 Å². The first-order valence-corrected chi connectivity index (χ1v) is 7.45. The second kappa shape index (κ2) is 7.62. The summed E-state index contributed by atoms with van der Waals surface area (Å²) in [6, 6.07) is 8.13. The van der Waals surface area contributed by atoms with Gasteiger partial charge in [-0.05, 0) is 37.1 Å². The maximum atomic E-state index is 6.34. The molecule has 1 aromatic carbocycles. The van der Waals surface area contributed by atoms with Gasteiger partial charge in [0.15, 0.2) is 0 Å². The first-order chi connectivity index (χ1) is 9.72. The number of hydrogen-bond acceptors (Lipinski definition) is 4. The van der Waals surface area contributed by atoms with Crippen molar-refractivity contribution >= 4 is 0 Å². The first kappa shape index (κ1) is 15.3. The number of nitrogens with two attached hydrogens (primary N) is 1. The molecule has 2 N–H and O–H groups in total.